The minimum atomic E-state index is 0.0953. The summed E-state index contributed by atoms with van der Waals surface area (Å²) in [7, 11) is 0. The van der Waals surface area contributed by atoms with Gasteiger partial charge < -0.3 is 0 Å². The van der Waals surface area contributed by atoms with Crippen LogP contribution in [0.15, 0.2) is 0 Å². The van der Waals surface area contributed by atoms with Crippen molar-refractivity contribution in [3.8, 4) is 0 Å². The first-order valence-electron chi connectivity index (χ1n) is 3.99. The molecule has 0 heterocycles. The van der Waals surface area contributed by atoms with Gasteiger partial charge in [0.2, 0.25) is 10.5 Å². The van der Waals surface area contributed by atoms with Crippen LogP contribution in [-0.2, 0) is 9.59 Å². The third-order valence-electron chi connectivity index (χ3n) is 1.09. The van der Waals surface area contributed by atoms with Crippen LogP contribution in [0.3, 0.4) is 0 Å². The summed E-state index contributed by atoms with van der Waals surface area (Å²) in [5, 5.41) is 2.17. The van der Waals surface area contributed by atoms with E-state index in [2.05, 4.69) is 36.3 Å². The zero-order valence-electron chi connectivity index (χ0n) is 8.41. The van der Waals surface area contributed by atoms with Crippen LogP contribution in [0.4, 0.5) is 0 Å². The molecular weight excluding hydrogens is 325 g/mol. The molecule has 0 aromatic rings. The summed E-state index contributed by atoms with van der Waals surface area (Å²) in [6.45, 7) is 2.08. The first-order valence-corrected chi connectivity index (χ1v) is 9.68. The van der Waals surface area contributed by atoms with E-state index < -0.39 is 0 Å². The topological polar surface area (TPSA) is 60.2 Å². The van der Waals surface area contributed by atoms with E-state index in [-0.39, 0.29) is 21.1 Å². The molecule has 6 heteroatoms. The van der Waals surface area contributed by atoms with Gasteiger partial charge in [-0.1, -0.05) is 0 Å². The predicted molar refractivity (Wildman–Crippen MR) is 65.9 cm³/mol. The van der Waals surface area contributed by atoms with Gasteiger partial charge in [0.25, 0.3) is 0 Å². The molecule has 80 valence electrons. The molecule has 0 saturated heterocycles. The van der Waals surface area contributed by atoms with Crippen LogP contribution in [0.2, 0.25) is 9.38 Å². The Labute approximate surface area is 106 Å². The van der Waals surface area contributed by atoms with Gasteiger partial charge >= 0.3 is 62.1 Å². The molecule has 0 amide bonds. The van der Waals surface area contributed by atoms with E-state index >= 15 is 0 Å². The van der Waals surface area contributed by atoms with Gasteiger partial charge in [-0.25, -0.2) is 9.59 Å². The van der Waals surface area contributed by atoms with Crippen molar-refractivity contribution in [2.45, 2.75) is 35.2 Å². The monoisotopic (exact) mass is 341 g/mol. The Morgan fingerprint density at radius 3 is 1.93 bits per heavy atom. The third-order valence-corrected chi connectivity index (χ3v) is 3.52. The number of hydrogen-bond donors (Lipinski definition) is 1. The summed E-state index contributed by atoms with van der Waals surface area (Å²) in [5.41, 5.74) is 5.55. The van der Waals surface area contributed by atoms with Crippen molar-refractivity contribution in [2.24, 2.45) is 5.73 Å². The van der Waals surface area contributed by atoms with Gasteiger partial charge in [0.05, 0.1) is 0 Å². The Bertz CT molecular complexity index is 153. The molecule has 0 saturated carbocycles. The van der Waals surface area contributed by atoms with Crippen LogP contribution in [-0.4, -0.2) is 37.6 Å². The second kappa shape index (κ2) is 23.3. The van der Waals surface area contributed by atoms with Crippen molar-refractivity contribution >= 4 is 56.0 Å². The van der Waals surface area contributed by atoms with E-state index in [4.69, 9.17) is 15.3 Å². The molecule has 14 heavy (non-hydrogen) atoms. The first kappa shape index (κ1) is 19.9. The number of nitrogens with two attached hydrogens (primary N) is 1. The standard InChI is InChI=1S/C5H12N.2COS.CH3.Sn/c1-3-4-5(2)6;2*2-1-3;;/h5H,1,3-4,6H2,2H3;;;1H3;. The van der Waals surface area contributed by atoms with Gasteiger partial charge in [-0.05, 0) is 0 Å². The van der Waals surface area contributed by atoms with Gasteiger partial charge in [-0.2, -0.15) is 0 Å². The minimum absolute atomic E-state index is 0.0953. The van der Waals surface area contributed by atoms with E-state index in [0.29, 0.717) is 6.04 Å². The molecule has 1 atom stereocenters. The molecule has 0 aliphatic heterocycles. The molecule has 1 unspecified atom stereocenters. The summed E-state index contributed by atoms with van der Waals surface area (Å²) in [6, 6.07) is 0.431. The van der Waals surface area contributed by atoms with Gasteiger partial charge in [0, 0.05) is 24.4 Å². The summed E-state index contributed by atoms with van der Waals surface area (Å²) in [6.07, 6.45) is 2.61. The van der Waals surface area contributed by atoms with Gasteiger partial charge in [-0.15, -0.1) is 0 Å². The van der Waals surface area contributed by atoms with Crippen molar-refractivity contribution in [1.29, 1.82) is 0 Å². The van der Waals surface area contributed by atoms with Crippen molar-refractivity contribution in [1.82, 2.24) is 0 Å². The normalized spacial score (nSPS) is 9.07. The van der Waals surface area contributed by atoms with Crippen LogP contribution in [0, 0.1) is 0 Å². The maximum atomic E-state index is 8.50. The van der Waals surface area contributed by atoms with Crippen LogP contribution in [0.25, 0.3) is 0 Å². The number of hydrogen-bond acceptors (Lipinski definition) is 5. The van der Waals surface area contributed by atoms with Crippen LogP contribution < -0.4 is 5.73 Å². The molecule has 3 nitrogen and oxygen atoms in total. The average molecular weight is 340 g/mol. The predicted octanol–water partition coefficient (Wildman–Crippen LogP) is 1.79. The van der Waals surface area contributed by atoms with E-state index in [1.54, 1.807) is 0 Å². The number of rotatable bonds is 4. The fourth-order valence-electron chi connectivity index (χ4n) is 0.601. The number of carbonyl (C=O) groups excluding carboxylic acids is 2. The fourth-order valence-corrected chi connectivity index (χ4v) is 2.19. The average Bonchev–Trinajstić information content (AvgIpc) is 2.07. The Hall–Kier alpha value is 0.359. The molecule has 0 aromatic carbocycles. The fraction of sp³-hybridized carbons (Fsp3) is 0.750. The summed E-state index contributed by atoms with van der Waals surface area (Å²) >= 11 is 7.27. The molecule has 0 bridgehead atoms. The molecule has 0 aliphatic rings. The van der Waals surface area contributed by atoms with E-state index in [1.807, 2.05) is 0 Å². The Kier molecular flexibility index (Phi) is 33.0. The Morgan fingerprint density at radius 1 is 1.36 bits per heavy atom. The zero-order valence-corrected chi connectivity index (χ0v) is 12.9. The van der Waals surface area contributed by atoms with Crippen molar-refractivity contribution in [3.63, 3.8) is 0 Å². The second-order valence-corrected chi connectivity index (χ2v) is 6.17. The molecule has 2 radical (unpaired) electrons. The first-order chi connectivity index (χ1) is 6.60. The summed E-state index contributed by atoms with van der Waals surface area (Å²) in [4.78, 5) is 19.4. The van der Waals surface area contributed by atoms with E-state index in [1.165, 1.54) is 17.3 Å². The maximum absolute atomic E-state index is 8.50. The Balaban J connectivity index is -0.000000168. The third kappa shape index (κ3) is 55.5. The molecule has 0 aromatic heterocycles. The molecule has 0 spiro atoms. The number of thiocarbonyl (C=S) groups is 2. The van der Waals surface area contributed by atoms with Crippen molar-refractivity contribution in [2.75, 3.05) is 0 Å². The van der Waals surface area contributed by atoms with Crippen LogP contribution in [0.5, 0.6) is 0 Å². The zero-order chi connectivity index (χ0) is 11.8. The quantitative estimate of drug-likeness (QED) is 0.480. The van der Waals surface area contributed by atoms with Crippen LogP contribution in [0.1, 0.15) is 19.8 Å². The molecule has 0 rings (SSSR count). The van der Waals surface area contributed by atoms with Crippen molar-refractivity contribution in [3.05, 3.63) is 0 Å². The van der Waals surface area contributed by atoms with Crippen LogP contribution >= 0.6 is 24.4 Å². The van der Waals surface area contributed by atoms with Gasteiger partial charge in [-0.3, -0.25) is 0 Å². The second-order valence-electron chi connectivity index (χ2n) is 2.39. The van der Waals surface area contributed by atoms with Crippen molar-refractivity contribution < 1.29 is 9.59 Å². The van der Waals surface area contributed by atoms with E-state index in [0.717, 1.165) is 10.5 Å². The van der Waals surface area contributed by atoms with Gasteiger partial charge in [0.15, 0.2) is 0 Å². The van der Waals surface area contributed by atoms with E-state index in [9.17, 15) is 0 Å². The van der Waals surface area contributed by atoms with Gasteiger partial charge in [0.1, 0.15) is 0 Å². The molecule has 0 aliphatic carbocycles. The summed E-state index contributed by atoms with van der Waals surface area (Å²) in [5.74, 6) is 0. The molecular formula is C8H15NO2S2Sn. The molecule has 0 fully saturated rings. The molecule has 2 N–H and O–H groups in total. The Morgan fingerprint density at radius 2 is 1.71 bits per heavy atom. The summed E-state index contributed by atoms with van der Waals surface area (Å²) < 4.78 is 1.50. The SMILES string of the molecule is O=C=S.O=C=S.[CH3][Sn][CH2]CCC(C)N.